The summed E-state index contributed by atoms with van der Waals surface area (Å²) in [5.74, 6) is -0.176. The average Bonchev–Trinajstić information content (AvgIpc) is 2.53. The number of hydrogen-bond acceptors (Lipinski definition) is 3. The maximum absolute atomic E-state index is 12.3. The summed E-state index contributed by atoms with van der Waals surface area (Å²) in [6, 6.07) is 6.82. The molecule has 1 aromatic rings. The van der Waals surface area contributed by atoms with Gasteiger partial charge in [0.15, 0.2) is 0 Å². The van der Waals surface area contributed by atoms with Crippen LogP contribution in [0.1, 0.15) is 23.2 Å². The van der Waals surface area contributed by atoms with Gasteiger partial charge in [0.2, 0.25) is 5.91 Å². The largest absolute Gasteiger partial charge is 0.331 e. The zero-order chi connectivity index (χ0) is 16.4. The van der Waals surface area contributed by atoms with Gasteiger partial charge in [0.05, 0.1) is 0 Å². The molecule has 22 heavy (non-hydrogen) atoms. The molecular weight excluding hydrogens is 278 g/mol. The van der Waals surface area contributed by atoms with Crippen LogP contribution < -0.4 is 11.1 Å². The number of nitrogens with two attached hydrogens (primary N) is 1. The molecule has 1 aromatic carbocycles. The highest BCUT2D eigenvalue weighted by Gasteiger charge is 2.13. The fourth-order valence-corrected chi connectivity index (χ4v) is 1.92. The summed E-state index contributed by atoms with van der Waals surface area (Å²) in [6.45, 7) is 8.70. The van der Waals surface area contributed by atoms with Crippen LogP contribution in [0.2, 0.25) is 0 Å². The molecule has 5 heteroatoms. The van der Waals surface area contributed by atoms with Gasteiger partial charge in [-0.3, -0.25) is 9.59 Å². The Labute approximate surface area is 131 Å². The van der Waals surface area contributed by atoms with Gasteiger partial charge in [0.1, 0.15) is 0 Å². The fraction of sp³-hybridized carbons (Fsp3) is 0.294. The molecule has 0 aliphatic heterocycles. The third-order valence-electron chi connectivity index (χ3n) is 3.01. The predicted octanol–water partition coefficient (Wildman–Crippen LogP) is 2.18. The Kier molecular flexibility index (Phi) is 7.64. The van der Waals surface area contributed by atoms with Crippen LogP contribution in [-0.4, -0.2) is 36.3 Å². The standard InChI is InChI=1S/C17H23N3O2/c1-3-12-20(13-4-2)17(22)14-7-9-15(10-8-14)19-16(21)6-5-11-18/h3-4,7-10H,1-2,5-6,11-13,18H2,(H,19,21). The van der Waals surface area contributed by atoms with Crippen molar-refractivity contribution in [3.63, 3.8) is 0 Å². The van der Waals surface area contributed by atoms with Crippen molar-refractivity contribution in [3.8, 4) is 0 Å². The number of benzene rings is 1. The zero-order valence-corrected chi connectivity index (χ0v) is 12.8. The number of rotatable bonds is 9. The van der Waals surface area contributed by atoms with E-state index in [0.29, 0.717) is 43.7 Å². The highest BCUT2D eigenvalue weighted by atomic mass is 16.2. The van der Waals surface area contributed by atoms with Crippen LogP contribution in [0, 0.1) is 0 Å². The van der Waals surface area contributed by atoms with E-state index in [1.165, 1.54) is 0 Å². The number of nitrogens with one attached hydrogen (secondary N) is 1. The van der Waals surface area contributed by atoms with Gasteiger partial charge in [-0.15, -0.1) is 13.2 Å². The summed E-state index contributed by atoms with van der Waals surface area (Å²) in [4.78, 5) is 25.6. The Bertz CT molecular complexity index is 513. The van der Waals surface area contributed by atoms with Crippen molar-refractivity contribution in [2.24, 2.45) is 5.73 Å². The Morgan fingerprint density at radius 2 is 1.73 bits per heavy atom. The van der Waals surface area contributed by atoms with Gasteiger partial charge in [-0.25, -0.2) is 0 Å². The molecule has 0 bridgehead atoms. The number of anilines is 1. The summed E-state index contributed by atoms with van der Waals surface area (Å²) in [5.41, 5.74) is 6.59. The van der Waals surface area contributed by atoms with Crippen molar-refractivity contribution in [2.75, 3.05) is 25.0 Å². The minimum absolute atomic E-state index is 0.0792. The molecule has 2 amide bonds. The molecule has 0 aliphatic carbocycles. The van der Waals surface area contributed by atoms with E-state index in [0.717, 1.165) is 0 Å². The number of hydrogen-bond donors (Lipinski definition) is 2. The Hall–Kier alpha value is -2.40. The predicted molar refractivity (Wildman–Crippen MR) is 89.7 cm³/mol. The Morgan fingerprint density at radius 1 is 1.14 bits per heavy atom. The molecule has 0 heterocycles. The summed E-state index contributed by atoms with van der Waals surface area (Å²) in [5, 5.41) is 2.77. The summed E-state index contributed by atoms with van der Waals surface area (Å²) in [6.07, 6.45) is 4.39. The van der Waals surface area contributed by atoms with Gasteiger partial charge in [0.25, 0.3) is 5.91 Å². The van der Waals surface area contributed by atoms with E-state index in [9.17, 15) is 9.59 Å². The molecular formula is C17H23N3O2. The smallest absolute Gasteiger partial charge is 0.254 e. The third-order valence-corrected chi connectivity index (χ3v) is 3.01. The number of carbonyl (C=O) groups excluding carboxylic acids is 2. The van der Waals surface area contributed by atoms with Gasteiger partial charge >= 0.3 is 0 Å². The van der Waals surface area contributed by atoms with Crippen LogP contribution in [0.3, 0.4) is 0 Å². The van der Waals surface area contributed by atoms with E-state index in [1.54, 1.807) is 41.3 Å². The lowest BCUT2D eigenvalue weighted by molar-refractivity contribution is -0.116. The molecule has 0 unspecified atom stereocenters. The molecule has 0 aromatic heterocycles. The van der Waals surface area contributed by atoms with Crippen LogP contribution in [0.5, 0.6) is 0 Å². The summed E-state index contributed by atoms with van der Waals surface area (Å²) < 4.78 is 0. The lowest BCUT2D eigenvalue weighted by Crippen LogP contribution is -2.31. The van der Waals surface area contributed by atoms with Crippen LogP contribution >= 0.6 is 0 Å². The number of amides is 2. The highest BCUT2D eigenvalue weighted by molar-refractivity contribution is 5.96. The summed E-state index contributed by atoms with van der Waals surface area (Å²) in [7, 11) is 0. The fourth-order valence-electron chi connectivity index (χ4n) is 1.92. The normalized spacial score (nSPS) is 9.86. The summed E-state index contributed by atoms with van der Waals surface area (Å²) >= 11 is 0. The monoisotopic (exact) mass is 301 g/mol. The zero-order valence-electron chi connectivity index (χ0n) is 12.8. The van der Waals surface area contributed by atoms with Crippen LogP contribution in [0.25, 0.3) is 0 Å². The van der Waals surface area contributed by atoms with Gasteiger partial charge < -0.3 is 16.0 Å². The Morgan fingerprint density at radius 3 is 2.23 bits per heavy atom. The van der Waals surface area contributed by atoms with E-state index >= 15 is 0 Å². The second-order valence-electron chi connectivity index (χ2n) is 4.81. The van der Waals surface area contributed by atoms with Gasteiger partial charge in [0, 0.05) is 30.8 Å². The molecule has 0 aliphatic rings. The van der Waals surface area contributed by atoms with E-state index in [1.807, 2.05) is 0 Å². The van der Waals surface area contributed by atoms with Gasteiger partial charge in [-0.1, -0.05) is 12.2 Å². The van der Waals surface area contributed by atoms with Crippen LogP contribution in [0.4, 0.5) is 5.69 Å². The van der Waals surface area contributed by atoms with Crippen molar-refractivity contribution in [1.82, 2.24) is 4.90 Å². The molecule has 3 N–H and O–H groups in total. The average molecular weight is 301 g/mol. The molecule has 0 saturated heterocycles. The lowest BCUT2D eigenvalue weighted by atomic mass is 10.1. The molecule has 0 saturated carbocycles. The van der Waals surface area contributed by atoms with E-state index in [4.69, 9.17) is 5.73 Å². The van der Waals surface area contributed by atoms with Crippen molar-refractivity contribution in [3.05, 3.63) is 55.1 Å². The molecule has 0 fully saturated rings. The van der Waals surface area contributed by atoms with E-state index < -0.39 is 0 Å². The molecule has 1 rings (SSSR count). The molecule has 0 atom stereocenters. The second kappa shape index (κ2) is 9.52. The maximum atomic E-state index is 12.3. The first-order valence-electron chi connectivity index (χ1n) is 7.23. The number of carbonyl (C=O) groups is 2. The molecule has 118 valence electrons. The van der Waals surface area contributed by atoms with Gasteiger partial charge in [-0.2, -0.15) is 0 Å². The molecule has 5 nitrogen and oxygen atoms in total. The highest BCUT2D eigenvalue weighted by Crippen LogP contribution is 2.12. The topological polar surface area (TPSA) is 75.4 Å². The quantitative estimate of drug-likeness (QED) is 0.686. The first-order valence-corrected chi connectivity index (χ1v) is 7.23. The van der Waals surface area contributed by atoms with Crippen molar-refractivity contribution in [1.29, 1.82) is 0 Å². The molecule has 0 radical (unpaired) electrons. The second-order valence-corrected chi connectivity index (χ2v) is 4.81. The minimum Gasteiger partial charge on any atom is -0.331 e. The lowest BCUT2D eigenvalue weighted by Gasteiger charge is -2.19. The molecule has 0 spiro atoms. The first kappa shape index (κ1) is 17.7. The maximum Gasteiger partial charge on any atom is 0.254 e. The first-order chi connectivity index (χ1) is 10.6. The number of nitrogens with zero attached hydrogens (tertiary/aromatic N) is 1. The van der Waals surface area contributed by atoms with Crippen LogP contribution in [0.15, 0.2) is 49.6 Å². The van der Waals surface area contributed by atoms with Gasteiger partial charge in [-0.05, 0) is 37.2 Å². The Balaban J connectivity index is 2.70. The van der Waals surface area contributed by atoms with Crippen molar-refractivity contribution >= 4 is 17.5 Å². The minimum atomic E-state index is -0.0965. The van der Waals surface area contributed by atoms with Crippen molar-refractivity contribution in [2.45, 2.75) is 12.8 Å². The third kappa shape index (κ3) is 5.54. The van der Waals surface area contributed by atoms with E-state index in [-0.39, 0.29) is 11.8 Å². The van der Waals surface area contributed by atoms with Crippen LogP contribution in [-0.2, 0) is 4.79 Å². The van der Waals surface area contributed by atoms with Crippen molar-refractivity contribution < 1.29 is 9.59 Å². The van der Waals surface area contributed by atoms with E-state index in [2.05, 4.69) is 18.5 Å². The SMILES string of the molecule is C=CCN(CC=C)C(=O)c1ccc(NC(=O)CCCN)cc1.